The number of likely N-dealkylation sites (N-methyl/N-ethyl adjacent to an activating group) is 2. The summed E-state index contributed by atoms with van der Waals surface area (Å²) in [7, 11) is 3.76. The molecule has 0 radical (unpaired) electrons. The summed E-state index contributed by atoms with van der Waals surface area (Å²) in [5.74, 6) is 0. The average Bonchev–Trinajstić information content (AvgIpc) is 2.57. The van der Waals surface area contributed by atoms with Crippen molar-refractivity contribution < 1.29 is 5.11 Å². The van der Waals surface area contributed by atoms with Gasteiger partial charge in [0.1, 0.15) is 11.9 Å². The third-order valence-electron chi connectivity index (χ3n) is 4.22. The predicted molar refractivity (Wildman–Crippen MR) is 99.0 cm³/mol. The molecule has 126 valence electrons. The van der Waals surface area contributed by atoms with Crippen LogP contribution in [0.15, 0.2) is 45.5 Å². The van der Waals surface area contributed by atoms with Gasteiger partial charge in [-0.2, -0.15) is 0 Å². The SMILES string of the molecule is CCC(C)Sc1ccc(C2=NC(C(O)NC)=C(C)N(C)C2)cc1. The Balaban J connectivity index is 2.24. The normalized spacial score (nSPS) is 18.0. The average molecular weight is 334 g/mol. The van der Waals surface area contributed by atoms with Crippen LogP contribution >= 0.6 is 11.8 Å². The van der Waals surface area contributed by atoms with E-state index in [2.05, 4.69) is 48.3 Å². The molecule has 23 heavy (non-hydrogen) atoms. The highest BCUT2D eigenvalue weighted by Gasteiger charge is 2.21. The molecule has 1 heterocycles. The molecule has 0 fully saturated rings. The smallest absolute Gasteiger partial charge is 0.149 e. The number of hydrogen-bond donors (Lipinski definition) is 2. The molecule has 0 aromatic heterocycles. The van der Waals surface area contributed by atoms with Gasteiger partial charge in [-0.3, -0.25) is 5.32 Å². The van der Waals surface area contributed by atoms with Crippen molar-refractivity contribution in [1.82, 2.24) is 10.2 Å². The molecule has 0 bridgehead atoms. The standard InChI is InChI=1S/C18H27N3OS/c1-6-12(2)23-15-9-7-14(8-10-15)16-11-21(5)13(3)17(20-16)18(22)19-4/h7-10,12,18-19,22H,6,11H2,1-5H3. The zero-order valence-corrected chi connectivity index (χ0v) is 15.4. The Morgan fingerprint density at radius 1 is 1.35 bits per heavy atom. The molecule has 2 rings (SSSR count). The maximum atomic E-state index is 10.1. The lowest BCUT2D eigenvalue weighted by molar-refractivity contribution is 0.176. The summed E-state index contributed by atoms with van der Waals surface area (Å²) in [5.41, 5.74) is 3.79. The number of nitrogens with zero attached hydrogens (tertiary/aromatic N) is 2. The van der Waals surface area contributed by atoms with Crippen molar-refractivity contribution in [1.29, 1.82) is 0 Å². The summed E-state index contributed by atoms with van der Waals surface area (Å²) in [4.78, 5) is 8.11. The predicted octanol–water partition coefficient (Wildman–Crippen LogP) is 3.08. The fraction of sp³-hybridized carbons (Fsp3) is 0.500. The number of nitrogens with one attached hydrogen (secondary N) is 1. The van der Waals surface area contributed by atoms with Crippen molar-refractivity contribution in [2.45, 2.75) is 43.6 Å². The highest BCUT2D eigenvalue weighted by Crippen LogP contribution is 2.26. The Bertz CT molecular complexity index is 595. The fourth-order valence-electron chi connectivity index (χ4n) is 2.39. The molecular formula is C18H27N3OS. The minimum absolute atomic E-state index is 0.627. The van der Waals surface area contributed by atoms with Crippen LogP contribution in [0.2, 0.25) is 0 Å². The molecule has 0 amide bonds. The summed E-state index contributed by atoms with van der Waals surface area (Å²) < 4.78 is 0. The van der Waals surface area contributed by atoms with E-state index < -0.39 is 6.23 Å². The van der Waals surface area contributed by atoms with E-state index in [1.54, 1.807) is 7.05 Å². The number of rotatable bonds is 6. The van der Waals surface area contributed by atoms with Gasteiger partial charge in [0.2, 0.25) is 0 Å². The van der Waals surface area contributed by atoms with Gasteiger partial charge >= 0.3 is 0 Å². The zero-order valence-electron chi connectivity index (χ0n) is 14.6. The molecule has 0 saturated heterocycles. The van der Waals surface area contributed by atoms with Crippen LogP contribution in [0.5, 0.6) is 0 Å². The summed E-state index contributed by atoms with van der Waals surface area (Å²) >= 11 is 1.90. The first kappa shape index (κ1) is 18.0. The van der Waals surface area contributed by atoms with Crippen LogP contribution in [-0.4, -0.2) is 47.8 Å². The zero-order chi connectivity index (χ0) is 17.0. The van der Waals surface area contributed by atoms with Crippen LogP contribution < -0.4 is 5.32 Å². The van der Waals surface area contributed by atoms with Crippen molar-refractivity contribution in [2.24, 2.45) is 4.99 Å². The maximum absolute atomic E-state index is 10.1. The van der Waals surface area contributed by atoms with Gasteiger partial charge in [0.05, 0.1) is 12.3 Å². The lowest BCUT2D eigenvalue weighted by Crippen LogP contribution is -2.36. The van der Waals surface area contributed by atoms with Gasteiger partial charge in [0.15, 0.2) is 0 Å². The van der Waals surface area contributed by atoms with Gasteiger partial charge in [-0.25, -0.2) is 4.99 Å². The summed E-state index contributed by atoms with van der Waals surface area (Å²) in [6.45, 7) is 7.20. The van der Waals surface area contributed by atoms with Crippen LogP contribution in [-0.2, 0) is 0 Å². The number of allylic oxidation sites excluding steroid dienone is 1. The van der Waals surface area contributed by atoms with Crippen molar-refractivity contribution in [3.8, 4) is 0 Å². The van der Waals surface area contributed by atoms with Crippen molar-refractivity contribution in [3.63, 3.8) is 0 Å². The lowest BCUT2D eigenvalue weighted by atomic mass is 10.1. The van der Waals surface area contributed by atoms with Gasteiger partial charge in [-0.1, -0.05) is 26.0 Å². The van der Waals surface area contributed by atoms with Crippen LogP contribution in [0.4, 0.5) is 0 Å². The molecule has 1 aliphatic rings. The molecule has 0 aliphatic carbocycles. The molecule has 0 spiro atoms. The maximum Gasteiger partial charge on any atom is 0.149 e. The monoisotopic (exact) mass is 333 g/mol. The number of aliphatic imine (C=N–C) groups is 1. The Hall–Kier alpha value is -1.30. The largest absolute Gasteiger partial charge is 0.373 e. The van der Waals surface area contributed by atoms with Crippen LogP contribution in [0, 0.1) is 0 Å². The highest BCUT2D eigenvalue weighted by atomic mass is 32.2. The Morgan fingerprint density at radius 2 is 2.00 bits per heavy atom. The third kappa shape index (κ3) is 4.37. The summed E-state index contributed by atoms with van der Waals surface area (Å²) in [5, 5.41) is 13.6. The summed E-state index contributed by atoms with van der Waals surface area (Å²) in [6.07, 6.45) is 0.423. The van der Waals surface area contributed by atoms with Gasteiger partial charge in [0, 0.05) is 22.9 Å². The molecule has 1 aromatic rings. The second-order valence-corrected chi connectivity index (χ2v) is 7.45. The second kappa shape index (κ2) is 7.99. The molecule has 5 heteroatoms. The molecule has 2 unspecified atom stereocenters. The first-order chi connectivity index (χ1) is 11.0. The first-order valence-corrected chi connectivity index (χ1v) is 8.96. The van der Waals surface area contributed by atoms with Gasteiger partial charge < -0.3 is 10.0 Å². The van der Waals surface area contributed by atoms with Crippen molar-refractivity contribution in [3.05, 3.63) is 41.2 Å². The van der Waals surface area contributed by atoms with Gasteiger partial charge in [0.25, 0.3) is 0 Å². The Kier molecular flexibility index (Phi) is 6.27. The van der Waals surface area contributed by atoms with E-state index in [-0.39, 0.29) is 0 Å². The highest BCUT2D eigenvalue weighted by molar-refractivity contribution is 7.99. The number of aliphatic hydroxyl groups is 1. The number of aliphatic hydroxyl groups excluding tert-OH is 1. The molecule has 4 nitrogen and oxygen atoms in total. The fourth-order valence-corrected chi connectivity index (χ4v) is 3.32. The van der Waals surface area contributed by atoms with E-state index in [1.807, 2.05) is 25.7 Å². The number of benzene rings is 1. The quantitative estimate of drug-likeness (QED) is 0.620. The molecule has 2 N–H and O–H groups in total. The molecule has 2 atom stereocenters. The molecule has 0 saturated carbocycles. The minimum atomic E-state index is -0.743. The van der Waals surface area contributed by atoms with Crippen molar-refractivity contribution >= 4 is 17.5 Å². The second-order valence-electron chi connectivity index (χ2n) is 5.94. The van der Waals surface area contributed by atoms with Crippen LogP contribution in [0.3, 0.4) is 0 Å². The first-order valence-electron chi connectivity index (χ1n) is 8.08. The van der Waals surface area contributed by atoms with E-state index in [1.165, 1.54) is 11.3 Å². The van der Waals surface area contributed by atoms with E-state index >= 15 is 0 Å². The van der Waals surface area contributed by atoms with Gasteiger partial charge in [-0.05, 0) is 38.1 Å². The Morgan fingerprint density at radius 3 is 2.57 bits per heavy atom. The van der Waals surface area contributed by atoms with Gasteiger partial charge in [-0.15, -0.1) is 11.8 Å². The third-order valence-corrected chi connectivity index (χ3v) is 5.50. The molecule has 1 aliphatic heterocycles. The van der Waals surface area contributed by atoms with Crippen LogP contribution in [0.25, 0.3) is 0 Å². The number of thioether (sulfide) groups is 1. The Labute approximate surface area is 143 Å². The minimum Gasteiger partial charge on any atom is -0.373 e. The topological polar surface area (TPSA) is 47.9 Å². The van der Waals surface area contributed by atoms with Crippen LogP contribution in [0.1, 0.15) is 32.8 Å². The van der Waals surface area contributed by atoms with E-state index in [4.69, 9.17) is 4.99 Å². The van der Waals surface area contributed by atoms with E-state index in [0.29, 0.717) is 10.9 Å². The van der Waals surface area contributed by atoms with Crippen molar-refractivity contribution in [2.75, 3.05) is 20.6 Å². The van der Waals surface area contributed by atoms with E-state index in [0.717, 1.165) is 23.5 Å². The summed E-state index contributed by atoms with van der Waals surface area (Å²) in [6, 6.07) is 8.57. The molecular weight excluding hydrogens is 306 g/mol. The van der Waals surface area contributed by atoms with E-state index in [9.17, 15) is 5.11 Å². The number of hydrogen-bond acceptors (Lipinski definition) is 5. The lowest BCUT2D eigenvalue weighted by Gasteiger charge is -2.29. The molecule has 1 aromatic carbocycles.